The molecule has 0 saturated heterocycles. The fraction of sp³-hybridized carbons (Fsp3) is 0.273. The van der Waals surface area contributed by atoms with E-state index in [9.17, 15) is 9.59 Å². The Kier molecular flexibility index (Phi) is 6.24. The van der Waals surface area contributed by atoms with Crippen molar-refractivity contribution in [1.82, 2.24) is 5.32 Å². The van der Waals surface area contributed by atoms with Gasteiger partial charge in [0.05, 0.1) is 4.34 Å². The fourth-order valence-corrected chi connectivity index (χ4v) is 2.40. The number of amides is 1. The molecule has 0 aliphatic heterocycles. The van der Waals surface area contributed by atoms with Gasteiger partial charge in [-0.25, -0.2) is 4.79 Å². The van der Waals surface area contributed by atoms with Gasteiger partial charge in [-0.1, -0.05) is 11.6 Å². The maximum Gasteiger partial charge on any atom is 0.326 e. The maximum absolute atomic E-state index is 11.5. The maximum atomic E-state index is 11.5. The van der Waals surface area contributed by atoms with Crippen LogP contribution in [0.15, 0.2) is 18.2 Å². The molecule has 7 heteroatoms. The molecular weight excluding hydrogens is 294 g/mol. The lowest BCUT2D eigenvalue weighted by Gasteiger charge is -2.11. The number of carbonyl (C=O) groups is 2. The van der Waals surface area contributed by atoms with Crippen molar-refractivity contribution >= 4 is 53.5 Å². The van der Waals surface area contributed by atoms with Gasteiger partial charge in [0.15, 0.2) is 0 Å². The molecule has 0 bridgehead atoms. The highest BCUT2D eigenvalue weighted by molar-refractivity contribution is 7.80. The molecule has 1 atom stereocenters. The van der Waals surface area contributed by atoms with E-state index in [0.29, 0.717) is 10.1 Å². The lowest BCUT2D eigenvalue weighted by atomic mass is 10.2. The summed E-state index contributed by atoms with van der Waals surface area (Å²) < 4.78 is 0.633. The van der Waals surface area contributed by atoms with Gasteiger partial charge in [-0.05, 0) is 30.4 Å². The van der Waals surface area contributed by atoms with Crippen molar-refractivity contribution in [2.45, 2.75) is 12.5 Å². The van der Waals surface area contributed by atoms with Crippen molar-refractivity contribution in [3.8, 4) is 0 Å². The topological polar surface area (TPSA) is 66.4 Å². The summed E-state index contributed by atoms with van der Waals surface area (Å²) in [6.45, 7) is 0. The van der Waals surface area contributed by atoms with Crippen LogP contribution in [0, 0.1) is 0 Å². The van der Waals surface area contributed by atoms with Crippen LogP contribution in [0.25, 0.3) is 6.08 Å². The first kappa shape index (κ1) is 15.1. The van der Waals surface area contributed by atoms with Gasteiger partial charge < -0.3 is 10.4 Å². The first-order chi connectivity index (χ1) is 8.52. The predicted octanol–water partition coefficient (Wildman–Crippen LogP) is 2.30. The highest BCUT2D eigenvalue weighted by atomic mass is 35.5. The van der Waals surface area contributed by atoms with Crippen LogP contribution in [0.2, 0.25) is 4.34 Å². The molecule has 1 aromatic rings. The average molecular weight is 306 g/mol. The van der Waals surface area contributed by atoms with Crippen LogP contribution in [-0.2, 0) is 9.59 Å². The first-order valence-electron chi connectivity index (χ1n) is 5.10. The molecule has 0 aromatic carbocycles. The highest BCUT2D eigenvalue weighted by Crippen LogP contribution is 2.22. The number of hydrogen-bond donors (Lipinski definition) is 3. The van der Waals surface area contributed by atoms with Gasteiger partial charge in [0.2, 0.25) is 5.91 Å². The van der Waals surface area contributed by atoms with Gasteiger partial charge in [-0.2, -0.15) is 12.6 Å². The first-order valence-corrected chi connectivity index (χ1v) is 6.93. The van der Waals surface area contributed by atoms with Gasteiger partial charge >= 0.3 is 5.97 Å². The van der Waals surface area contributed by atoms with Crippen LogP contribution in [-0.4, -0.2) is 28.8 Å². The van der Waals surface area contributed by atoms with Crippen molar-refractivity contribution < 1.29 is 14.7 Å². The van der Waals surface area contributed by atoms with Gasteiger partial charge in [0.1, 0.15) is 6.04 Å². The third-order valence-corrected chi connectivity index (χ3v) is 3.48. The predicted molar refractivity (Wildman–Crippen MR) is 76.4 cm³/mol. The molecule has 0 saturated carbocycles. The Balaban J connectivity index is 2.54. The number of hydrogen-bond acceptors (Lipinski definition) is 4. The minimum atomic E-state index is -1.06. The summed E-state index contributed by atoms with van der Waals surface area (Å²) in [5.74, 6) is -1.12. The number of carboxylic acids is 1. The van der Waals surface area contributed by atoms with E-state index in [0.717, 1.165) is 4.88 Å². The highest BCUT2D eigenvalue weighted by Gasteiger charge is 2.17. The Morgan fingerprint density at radius 1 is 1.56 bits per heavy atom. The smallest absolute Gasteiger partial charge is 0.326 e. The SMILES string of the molecule is O=C(/C=C/c1ccc(Cl)s1)NC(CCS)C(=O)O. The molecule has 1 rings (SSSR count). The number of halogens is 1. The summed E-state index contributed by atoms with van der Waals surface area (Å²) in [6, 6.07) is 2.59. The fourth-order valence-electron chi connectivity index (χ4n) is 1.18. The molecule has 0 aliphatic carbocycles. The van der Waals surface area contributed by atoms with Crippen LogP contribution in [0.1, 0.15) is 11.3 Å². The average Bonchev–Trinajstić information content (AvgIpc) is 2.72. The molecule has 2 N–H and O–H groups in total. The van der Waals surface area contributed by atoms with Gasteiger partial charge in [-0.3, -0.25) is 4.79 Å². The zero-order valence-electron chi connectivity index (χ0n) is 9.30. The molecule has 4 nitrogen and oxygen atoms in total. The largest absolute Gasteiger partial charge is 0.480 e. The Bertz CT molecular complexity index is 459. The number of carbonyl (C=O) groups excluding carboxylic acids is 1. The van der Waals surface area contributed by atoms with Crippen molar-refractivity contribution in [2.75, 3.05) is 5.75 Å². The summed E-state index contributed by atoms with van der Waals surface area (Å²) in [5.41, 5.74) is 0. The molecular formula is C11H12ClNO3S2. The molecule has 1 amide bonds. The second-order valence-electron chi connectivity index (χ2n) is 3.39. The lowest BCUT2D eigenvalue weighted by molar-refractivity contribution is -0.141. The van der Waals surface area contributed by atoms with Gasteiger partial charge in [-0.15, -0.1) is 11.3 Å². The van der Waals surface area contributed by atoms with E-state index >= 15 is 0 Å². The molecule has 18 heavy (non-hydrogen) atoms. The van der Waals surface area contributed by atoms with E-state index in [-0.39, 0.29) is 6.42 Å². The van der Waals surface area contributed by atoms with E-state index in [1.165, 1.54) is 17.4 Å². The molecule has 0 fully saturated rings. The quantitative estimate of drug-likeness (QED) is 0.558. The summed E-state index contributed by atoms with van der Waals surface area (Å²) in [6.07, 6.45) is 3.16. The zero-order chi connectivity index (χ0) is 13.5. The van der Waals surface area contributed by atoms with Crippen molar-refractivity contribution in [3.63, 3.8) is 0 Å². The Labute approximate surface area is 119 Å². The monoisotopic (exact) mass is 305 g/mol. The summed E-state index contributed by atoms with van der Waals surface area (Å²) in [5, 5.41) is 11.2. The van der Waals surface area contributed by atoms with Crippen LogP contribution in [0.3, 0.4) is 0 Å². The molecule has 1 heterocycles. The van der Waals surface area contributed by atoms with Crippen LogP contribution in [0.4, 0.5) is 0 Å². The Morgan fingerprint density at radius 3 is 2.78 bits per heavy atom. The third-order valence-electron chi connectivity index (χ3n) is 2.03. The lowest BCUT2D eigenvalue weighted by Crippen LogP contribution is -2.40. The third kappa shape index (κ3) is 5.12. The van der Waals surface area contributed by atoms with Crippen LogP contribution < -0.4 is 5.32 Å². The minimum absolute atomic E-state index is 0.281. The Morgan fingerprint density at radius 2 is 2.28 bits per heavy atom. The van der Waals surface area contributed by atoms with Crippen LogP contribution in [0.5, 0.6) is 0 Å². The second kappa shape index (κ2) is 7.45. The molecule has 1 unspecified atom stereocenters. The summed E-state index contributed by atoms with van der Waals surface area (Å²) in [7, 11) is 0. The van der Waals surface area contributed by atoms with E-state index in [1.807, 2.05) is 0 Å². The molecule has 0 radical (unpaired) electrons. The number of nitrogens with one attached hydrogen (secondary N) is 1. The summed E-state index contributed by atoms with van der Waals surface area (Å²) >= 11 is 11.0. The number of carboxylic acid groups (broad SMARTS) is 1. The van der Waals surface area contributed by atoms with Crippen molar-refractivity contribution in [2.24, 2.45) is 0 Å². The number of thiol groups is 1. The number of thiophene rings is 1. The number of aliphatic carboxylic acids is 1. The van der Waals surface area contributed by atoms with Gasteiger partial charge in [0.25, 0.3) is 0 Å². The van der Waals surface area contributed by atoms with E-state index in [2.05, 4.69) is 17.9 Å². The standard InChI is InChI=1S/C11H12ClNO3S2/c12-9-3-1-7(18-9)2-4-10(14)13-8(5-6-17)11(15)16/h1-4,8,17H,5-6H2,(H,13,14)(H,15,16)/b4-2+. The molecule has 0 aliphatic rings. The van der Waals surface area contributed by atoms with Crippen molar-refractivity contribution in [1.29, 1.82) is 0 Å². The normalized spacial score (nSPS) is 12.6. The number of rotatable bonds is 6. The molecule has 0 spiro atoms. The van der Waals surface area contributed by atoms with E-state index in [1.54, 1.807) is 18.2 Å². The summed E-state index contributed by atoms with van der Waals surface area (Å²) in [4.78, 5) is 23.1. The van der Waals surface area contributed by atoms with Crippen molar-refractivity contribution in [3.05, 3.63) is 27.4 Å². The van der Waals surface area contributed by atoms with Crippen LogP contribution >= 0.6 is 35.6 Å². The second-order valence-corrected chi connectivity index (χ2v) is 5.58. The van der Waals surface area contributed by atoms with E-state index < -0.39 is 17.9 Å². The van der Waals surface area contributed by atoms with E-state index in [4.69, 9.17) is 16.7 Å². The molecule has 1 aromatic heterocycles. The van der Waals surface area contributed by atoms with Gasteiger partial charge in [0, 0.05) is 11.0 Å². The Hall–Kier alpha value is -0.980. The minimum Gasteiger partial charge on any atom is -0.480 e. The molecule has 98 valence electrons. The zero-order valence-corrected chi connectivity index (χ0v) is 11.8.